The average Bonchev–Trinajstić information content (AvgIpc) is 3.08. The number of nitrogens with one attached hydrogen (secondary N) is 2. The van der Waals surface area contributed by atoms with Crippen LogP contribution in [0, 0.1) is 12.7 Å². The number of benzene rings is 2. The van der Waals surface area contributed by atoms with Gasteiger partial charge in [-0.25, -0.2) is 9.82 Å². The van der Waals surface area contributed by atoms with Gasteiger partial charge in [-0.05, 0) is 67.6 Å². The molecule has 0 fully saturated rings. The van der Waals surface area contributed by atoms with E-state index in [1.165, 1.54) is 30.5 Å². The predicted molar refractivity (Wildman–Crippen MR) is 99.3 cm³/mol. The molecule has 0 aliphatic carbocycles. The van der Waals surface area contributed by atoms with Gasteiger partial charge in [0, 0.05) is 16.8 Å². The molecule has 3 rings (SSSR count). The number of hydrazone groups is 1. The van der Waals surface area contributed by atoms with Crippen molar-refractivity contribution in [2.75, 3.05) is 5.32 Å². The van der Waals surface area contributed by atoms with E-state index in [2.05, 4.69) is 15.8 Å². The molecule has 0 saturated heterocycles. The minimum atomic E-state index is -0.410. The van der Waals surface area contributed by atoms with Crippen LogP contribution in [-0.4, -0.2) is 18.0 Å². The summed E-state index contributed by atoms with van der Waals surface area (Å²) < 4.78 is 18.2. The number of halogens is 1. The van der Waals surface area contributed by atoms with Crippen molar-refractivity contribution in [2.45, 2.75) is 6.92 Å². The van der Waals surface area contributed by atoms with Crippen molar-refractivity contribution >= 4 is 23.7 Å². The van der Waals surface area contributed by atoms with E-state index < -0.39 is 11.7 Å². The number of anilines is 1. The first kappa shape index (κ1) is 18.1. The fourth-order valence-electron chi connectivity index (χ4n) is 2.25. The predicted octanol–water partition coefficient (Wildman–Crippen LogP) is 3.74. The molecule has 136 valence electrons. The molecule has 6 nitrogen and oxygen atoms in total. The van der Waals surface area contributed by atoms with Crippen LogP contribution in [0.25, 0.3) is 0 Å². The van der Waals surface area contributed by atoms with Crippen molar-refractivity contribution in [1.82, 2.24) is 5.43 Å². The highest BCUT2D eigenvalue weighted by Crippen LogP contribution is 2.12. The fraction of sp³-hybridized carbons (Fsp3) is 0.0500. The molecule has 2 amide bonds. The van der Waals surface area contributed by atoms with Gasteiger partial charge in [-0.15, -0.1) is 0 Å². The zero-order valence-electron chi connectivity index (χ0n) is 14.4. The van der Waals surface area contributed by atoms with E-state index in [4.69, 9.17) is 4.42 Å². The molecular weight excluding hydrogens is 349 g/mol. The minimum absolute atomic E-state index is 0.334. The molecule has 2 N–H and O–H groups in total. The van der Waals surface area contributed by atoms with Gasteiger partial charge >= 0.3 is 0 Å². The van der Waals surface area contributed by atoms with E-state index >= 15 is 0 Å². The molecule has 0 radical (unpaired) electrons. The summed E-state index contributed by atoms with van der Waals surface area (Å²) in [4.78, 5) is 24.1. The molecule has 1 heterocycles. The van der Waals surface area contributed by atoms with Crippen LogP contribution in [0.5, 0.6) is 0 Å². The molecule has 2 aromatic carbocycles. The standard InChI is InChI=1S/C20H16FN3O3/c1-13-2-11-18(27-13)12-22-24-20(26)15-5-9-17(10-6-15)23-19(25)14-3-7-16(21)8-4-14/h2-12H,1H3,(H,23,25)(H,24,26). The topological polar surface area (TPSA) is 83.7 Å². The van der Waals surface area contributed by atoms with Gasteiger partial charge in [0.05, 0.1) is 6.21 Å². The number of amides is 2. The van der Waals surface area contributed by atoms with E-state index in [-0.39, 0.29) is 5.91 Å². The number of carbonyl (C=O) groups is 2. The summed E-state index contributed by atoms with van der Waals surface area (Å²) in [5.74, 6) is 0.107. The summed E-state index contributed by atoms with van der Waals surface area (Å²) in [5.41, 5.74) is 3.62. The maximum absolute atomic E-state index is 12.9. The molecule has 0 atom stereocenters. The quantitative estimate of drug-likeness (QED) is 0.534. The zero-order chi connectivity index (χ0) is 19.2. The van der Waals surface area contributed by atoms with E-state index in [0.717, 1.165) is 5.76 Å². The number of rotatable bonds is 5. The van der Waals surface area contributed by atoms with Crippen LogP contribution in [0.3, 0.4) is 0 Å². The first-order chi connectivity index (χ1) is 13.0. The Morgan fingerprint density at radius 1 is 0.926 bits per heavy atom. The van der Waals surface area contributed by atoms with Gasteiger partial charge < -0.3 is 9.73 Å². The third kappa shape index (κ3) is 4.88. The number of hydrogen-bond donors (Lipinski definition) is 2. The molecule has 7 heteroatoms. The molecule has 0 aliphatic heterocycles. The minimum Gasteiger partial charge on any atom is -0.460 e. The van der Waals surface area contributed by atoms with Crippen molar-refractivity contribution in [3.05, 3.63) is 89.1 Å². The van der Waals surface area contributed by atoms with Crippen LogP contribution >= 0.6 is 0 Å². The summed E-state index contributed by atoms with van der Waals surface area (Å²) >= 11 is 0. The number of nitrogens with zero attached hydrogens (tertiary/aromatic N) is 1. The largest absolute Gasteiger partial charge is 0.460 e. The molecule has 3 aromatic rings. The summed E-state index contributed by atoms with van der Waals surface area (Å²) in [6.45, 7) is 1.81. The summed E-state index contributed by atoms with van der Waals surface area (Å²) in [6.07, 6.45) is 1.40. The number of hydrogen-bond acceptors (Lipinski definition) is 4. The third-order valence-electron chi connectivity index (χ3n) is 3.63. The Hall–Kier alpha value is -3.74. The second-order valence-corrected chi connectivity index (χ2v) is 5.69. The molecule has 0 aliphatic rings. The van der Waals surface area contributed by atoms with Gasteiger partial charge in [-0.2, -0.15) is 5.10 Å². The lowest BCUT2D eigenvalue weighted by atomic mass is 10.1. The third-order valence-corrected chi connectivity index (χ3v) is 3.63. The molecule has 0 spiro atoms. The SMILES string of the molecule is Cc1ccc(C=NNC(=O)c2ccc(NC(=O)c3ccc(F)cc3)cc2)o1. The van der Waals surface area contributed by atoms with E-state index in [0.29, 0.717) is 22.6 Å². The van der Waals surface area contributed by atoms with Crippen molar-refractivity contribution < 1.29 is 18.4 Å². The number of furan rings is 1. The normalized spacial score (nSPS) is 10.7. The Morgan fingerprint density at radius 2 is 1.56 bits per heavy atom. The van der Waals surface area contributed by atoms with Crippen molar-refractivity contribution in [3.63, 3.8) is 0 Å². The van der Waals surface area contributed by atoms with Gasteiger partial charge in [0.1, 0.15) is 17.3 Å². The Balaban J connectivity index is 1.57. The van der Waals surface area contributed by atoms with Gasteiger partial charge in [-0.1, -0.05) is 0 Å². The Morgan fingerprint density at radius 3 is 2.19 bits per heavy atom. The molecule has 0 saturated carbocycles. The molecular formula is C20H16FN3O3. The lowest BCUT2D eigenvalue weighted by Crippen LogP contribution is -2.17. The molecule has 27 heavy (non-hydrogen) atoms. The average molecular weight is 365 g/mol. The van der Waals surface area contributed by atoms with Crippen LogP contribution in [0.2, 0.25) is 0 Å². The highest BCUT2D eigenvalue weighted by Gasteiger charge is 2.08. The Kier molecular flexibility index (Phi) is 5.41. The van der Waals surface area contributed by atoms with Crippen molar-refractivity contribution in [1.29, 1.82) is 0 Å². The Bertz CT molecular complexity index is 976. The monoisotopic (exact) mass is 365 g/mol. The second kappa shape index (κ2) is 8.09. The van der Waals surface area contributed by atoms with Gasteiger partial charge in [-0.3, -0.25) is 9.59 Å². The van der Waals surface area contributed by atoms with Crippen LogP contribution in [0.1, 0.15) is 32.2 Å². The van der Waals surface area contributed by atoms with Crippen LogP contribution in [0.15, 0.2) is 70.2 Å². The first-order valence-electron chi connectivity index (χ1n) is 8.08. The van der Waals surface area contributed by atoms with E-state index in [9.17, 15) is 14.0 Å². The fourth-order valence-corrected chi connectivity index (χ4v) is 2.25. The van der Waals surface area contributed by atoms with Crippen molar-refractivity contribution in [2.24, 2.45) is 5.10 Å². The smallest absolute Gasteiger partial charge is 0.271 e. The number of aryl methyl sites for hydroxylation is 1. The number of carbonyl (C=O) groups excluding carboxylic acids is 2. The lowest BCUT2D eigenvalue weighted by molar-refractivity contribution is 0.0954. The maximum Gasteiger partial charge on any atom is 0.271 e. The first-order valence-corrected chi connectivity index (χ1v) is 8.08. The Labute approximate surface area is 154 Å². The lowest BCUT2D eigenvalue weighted by Gasteiger charge is -2.06. The van der Waals surface area contributed by atoms with E-state index in [1.807, 2.05) is 6.92 Å². The van der Waals surface area contributed by atoms with Crippen LogP contribution < -0.4 is 10.7 Å². The van der Waals surface area contributed by atoms with E-state index in [1.54, 1.807) is 36.4 Å². The molecule has 0 bridgehead atoms. The zero-order valence-corrected chi connectivity index (χ0v) is 14.4. The summed E-state index contributed by atoms with van der Waals surface area (Å²) in [6, 6.07) is 15.1. The van der Waals surface area contributed by atoms with Gasteiger partial charge in [0.2, 0.25) is 0 Å². The van der Waals surface area contributed by atoms with Gasteiger partial charge in [0.15, 0.2) is 0 Å². The summed E-state index contributed by atoms with van der Waals surface area (Å²) in [5, 5.41) is 6.51. The molecule has 1 aromatic heterocycles. The molecule has 0 unspecified atom stereocenters. The second-order valence-electron chi connectivity index (χ2n) is 5.69. The van der Waals surface area contributed by atoms with Gasteiger partial charge in [0.25, 0.3) is 11.8 Å². The van der Waals surface area contributed by atoms with Crippen LogP contribution in [0.4, 0.5) is 10.1 Å². The van der Waals surface area contributed by atoms with Crippen molar-refractivity contribution in [3.8, 4) is 0 Å². The summed E-state index contributed by atoms with van der Waals surface area (Å²) in [7, 11) is 0. The highest BCUT2D eigenvalue weighted by atomic mass is 19.1. The van der Waals surface area contributed by atoms with Crippen LogP contribution in [-0.2, 0) is 0 Å². The maximum atomic E-state index is 12.9. The highest BCUT2D eigenvalue weighted by molar-refractivity contribution is 6.04.